The van der Waals surface area contributed by atoms with Gasteiger partial charge in [0.05, 0.1) is 5.92 Å². The van der Waals surface area contributed by atoms with Crippen LogP contribution in [0.1, 0.15) is 52.4 Å². The van der Waals surface area contributed by atoms with E-state index >= 15 is 0 Å². The summed E-state index contributed by atoms with van der Waals surface area (Å²) in [6, 6.07) is 3.40. The van der Waals surface area contributed by atoms with Crippen molar-refractivity contribution in [1.29, 1.82) is 0 Å². The fourth-order valence-electron chi connectivity index (χ4n) is 5.55. The Morgan fingerprint density at radius 2 is 1.90 bits per heavy atom. The van der Waals surface area contributed by atoms with Gasteiger partial charge in [-0.25, -0.2) is 8.42 Å². The number of piperidine rings is 1. The Bertz CT molecular complexity index is 893. The molecule has 31 heavy (non-hydrogen) atoms. The van der Waals surface area contributed by atoms with Gasteiger partial charge in [0.2, 0.25) is 0 Å². The van der Waals surface area contributed by atoms with Gasteiger partial charge >= 0.3 is 5.97 Å². The molecule has 1 amide bonds. The third kappa shape index (κ3) is 4.83. The van der Waals surface area contributed by atoms with E-state index < -0.39 is 22.1 Å². The Balaban J connectivity index is 1.23. The number of fused-ring (bicyclic) bond motifs is 2. The fraction of sp³-hybridized carbons (Fsp3) is 0.727. The number of hydrogen-bond acceptors (Lipinski definition) is 6. The Kier molecular flexibility index (Phi) is 6.74. The van der Waals surface area contributed by atoms with Crippen LogP contribution >= 0.6 is 11.3 Å². The molecule has 1 N–H and O–H groups in total. The highest BCUT2D eigenvalue weighted by molar-refractivity contribution is 7.91. The third-order valence-electron chi connectivity index (χ3n) is 7.34. The van der Waals surface area contributed by atoms with Crippen molar-refractivity contribution in [3.05, 3.63) is 17.5 Å². The summed E-state index contributed by atoms with van der Waals surface area (Å²) in [4.78, 5) is 25.2. The van der Waals surface area contributed by atoms with E-state index in [0.29, 0.717) is 28.9 Å². The number of esters is 1. The predicted molar refractivity (Wildman–Crippen MR) is 118 cm³/mol. The Hall–Kier alpha value is -1.45. The van der Waals surface area contributed by atoms with Crippen LogP contribution in [0.5, 0.6) is 0 Å². The quantitative estimate of drug-likeness (QED) is 0.621. The van der Waals surface area contributed by atoms with E-state index in [1.54, 1.807) is 24.4 Å². The van der Waals surface area contributed by atoms with Gasteiger partial charge in [0, 0.05) is 19.1 Å². The Morgan fingerprint density at radius 3 is 2.48 bits per heavy atom. The average molecular weight is 469 g/mol. The number of carbonyl (C=O) groups is 2. The van der Waals surface area contributed by atoms with Gasteiger partial charge in [0.25, 0.3) is 15.9 Å². The summed E-state index contributed by atoms with van der Waals surface area (Å²) in [5, 5.41) is 4.79. The molecule has 4 rings (SSSR count). The van der Waals surface area contributed by atoms with Crippen LogP contribution in [0.4, 0.5) is 0 Å². The summed E-state index contributed by atoms with van der Waals surface area (Å²) in [5.74, 6) is 1.02. The van der Waals surface area contributed by atoms with E-state index in [0.717, 1.165) is 5.92 Å². The molecule has 2 saturated carbocycles. The molecule has 5 unspecified atom stereocenters. The summed E-state index contributed by atoms with van der Waals surface area (Å²) < 4.78 is 32.4. The van der Waals surface area contributed by atoms with Crippen LogP contribution in [-0.4, -0.2) is 49.8 Å². The number of ether oxygens (including phenoxy) is 1. The van der Waals surface area contributed by atoms with Gasteiger partial charge in [-0.2, -0.15) is 4.31 Å². The molecule has 0 radical (unpaired) electrons. The van der Waals surface area contributed by atoms with E-state index in [4.69, 9.17) is 4.74 Å². The minimum absolute atomic E-state index is 0.0923. The number of nitrogens with one attached hydrogen (secondary N) is 1. The molecule has 1 saturated heterocycles. The van der Waals surface area contributed by atoms with Crippen LogP contribution in [0.3, 0.4) is 0 Å². The first-order chi connectivity index (χ1) is 14.8. The molecule has 5 atom stereocenters. The zero-order chi connectivity index (χ0) is 22.2. The van der Waals surface area contributed by atoms with Crippen molar-refractivity contribution in [2.24, 2.45) is 23.7 Å². The van der Waals surface area contributed by atoms with Gasteiger partial charge < -0.3 is 10.1 Å². The van der Waals surface area contributed by atoms with Crippen LogP contribution in [0.2, 0.25) is 0 Å². The van der Waals surface area contributed by atoms with Crippen molar-refractivity contribution in [3.63, 3.8) is 0 Å². The highest BCUT2D eigenvalue weighted by atomic mass is 32.2. The highest BCUT2D eigenvalue weighted by Crippen LogP contribution is 2.49. The average Bonchev–Trinajstić information content (AvgIpc) is 3.52. The van der Waals surface area contributed by atoms with E-state index in [1.165, 1.54) is 41.3 Å². The van der Waals surface area contributed by atoms with E-state index in [9.17, 15) is 18.0 Å². The molecule has 2 bridgehead atoms. The molecule has 9 heteroatoms. The van der Waals surface area contributed by atoms with Crippen LogP contribution in [0.25, 0.3) is 0 Å². The summed E-state index contributed by atoms with van der Waals surface area (Å²) >= 11 is 1.19. The molecule has 2 heterocycles. The molecule has 1 aromatic heterocycles. The number of nitrogens with zero attached hydrogens (tertiary/aromatic N) is 1. The molecular weight excluding hydrogens is 436 g/mol. The van der Waals surface area contributed by atoms with Crippen molar-refractivity contribution < 1.29 is 22.7 Å². The van der Waals surface area contributed by atoms with Crippen LogP contribution in [-0.2, 0) is 24.3 Å². The van der Waals surface area contributed by atoms with Gasteiger partial charge in [-0.05, 0) is 75.2 Å². The standard InChI is InChI=1S/C22H32N2O5S2/c1-14(19-13-16-5-6-18(19)12-16)23-21(25)15(2)29-22(26)17-7-9-24(10-8-17)31(27,28)20-4-3-11-30-20/h3-4,11,14-19H,5-10,12-13H2,1-2H3,(H,23,25). The Labute approximate surface area is 188 Å². The lowest BCUT2D eigenvalue weighted by atomic mass is 9.84. The summed E-state index contributed by atoms with van der Waals surface area (Å²) in [6.45, 7) is 4.22. The molecule has 1 aliphatic heterocycles. The van der Waals surface area contributed by atoms with E-state index in [1.807, 2.05) is 0 Å². The van der Waals surface area contributed by atoms with Crippen LogP contribution in [0.15, 0.2) is 21.7 Å². The molecule has 0 aromatic carbocycles. The van der Waals surface area contributed by atoms with Crippen molar-refractivity contribution in [1.82, 2.24) is 9.62 Å². The number of rotatable bonds is 7. The van der Waals surface area contributed by atoms with E-state index in [2.05, 4.69) is 12.2 Å². The summed E-state index contributed by atoms with van der Waals surface area (Å²) in [5.41, 5.74) is 0. The smallest absolute Gasteiger partial charge is 0.309 e. The van der Waals surface area contributed by atoms with Gasteiger partial charge in [-0.15, -0.1) is 11.3 Å². The van der Waals surface area contributed by atoms with Crippen molar-refractivity contribution in [3.8, 4) is 0 Å². The van der Waals surface area contributed by atoms with Gasteiger partial charge in [-0.1, -0.05) is 12.5 Å². The second kappa shape index (κ2) is 9.19. The number of amides is 1. The third-order valence-corrected chi connectivity index (χ3v) is 10.6. The second-order valence-corrected chi connectivity index (χ2v) is 12.4. The minimum atomic E-state index is -3.49. The maximum Gasteiger partial charge on any atom is 0.309 e. The topological polar surface area (TPSA) is 92.8 Å². The minimum Gasteiger partial charge on any atom is -0.452 e. The number of sulfonamides is 1. The summed E-state index contributed by atoms with van der Waals surface area (Å²) in [6.07, 6.45) is 5.02. The molecule has 2 aliphatic carbocycles. The van der Waals surface area contributed by atoms with Crippen molar-refractivity contribution >= 4 is 33.2 Å². The highest BCUT2D eigenvalue weighted by Gasteiger charge is 2.42. The van der Waals surface area contributed by atoms with Crippen molar-refractivity contribution in [2.75, 3.05) is 13.1 Å². The zero-order valence-corrected chi connectivity index (χ0v) is 19.8. The molecular formula is C22H32N2O5S2. The largest absolute Gasteiger partial charge is 0.452 e. The monoisotopic (exact) mass is 468 g/mol. The lowest BCUT2D eigenvalue weighted by Crippen LogP contribution is -2.46. The maximum atomic E-state index is 12.6. The first-order valence-corrected chi connectivity index (χ1v) is 13.6. The zero-order valence-electron chi connectivity index (χ0n) is 18.2. The number of carbonyl (C=O) groups excluding carboxylic acids is 2. The second-order valence-electron chi connectivity index (χ2n) is 9.33. The maximum absolute atomic E-state index is 12.6. The Morgan fingerprint density at radius 1 is 1.16 bits per heavy atom. The number of hydrogen-bond donors (Lipinski definition) is 1. The number of thiophene rings is 1. The molecule has 0 spiro atoms. The van der Waals surface area contributed by atoms with Crippen LogP contribution in [0, 0.1) is 23.7 Å². The first kappa shape index (κ1) is 22.7. The SMILES string of the molecule is CC(OC(=O)C1CCN(S(=O)(=O)c2cccs2)CC1)C(=O)NC(C)C1CC2CCC1C2. The van der Waals surface area contributed by atoms with Crippen molar-refractivity contribution in [2.45, 2.75) is 68.7 Å². The lowest BCUT2D eigenvalue weighted by molar-refractivity contribution is -0.160. The van der Waals surface area contributed by atoms with Gasteiger partial charge in [-0.3, -0.25) is 9.59 Å². The lowest BCUT2D eigenvalue weighted by Gasteiger charge is -2.31. The molecule has 1 aromatic rings. The molecule has 172 valence electrons. The summed E-state index contributed by atoms with van der Waals surface area (Å²) in [7, 11) is -3.49. The molecule has 3 aliphatic rings. The van der Waals surface area contributed by atoms with E-state index in [-0.39, 0.29) is 31.0 Å². The normalized spacial score (nSPS) is 28.9. The fourth-order valence-corrected chi connectivity index (χ4v) is 8.16. The van der Waals surface area contributed by atoms with Gasteiger partial charge in [0.15, 0.2) is 6.10 Å². The first-order valence-electron chi connectivity index (χ1n) is 11.3. The van der Waals surface area contributed by atoms with Crippen LogP contribution < -0.4 is 5.32 Å². The molecule has 3 fully saturated rings. The molecule has 7 nitrogen and oxygen atoms in total. The predicted octanol–water partition coefficient (Wildman–Crippen LogP) is 3.02. The van der Waals surface area contributed by atoms with Gasteiger partial charge in [0.1, 0.15) is 4.21 Å².